The van der Waals surface area contributed by atoms with Crippen LogP contribution in [0.25, 0.3) is 0 Å². The SMILES string of the molecule is COc1ccc2c(c1)CCC1C2CCC2(C)C(O)C(OC(=O)CBr)CC12. The Balaban J connectivity index is 1.60. The van der Waals surface area contributed by atoms with Crippen molar-refractivity contribution in [2.75, 3.05) is 12.4 Å². The van der Waals surface area contributed by atoms with E-state index in [0.29, 0.717) is 17.8 Å². The Morgan fingerprint density at radius 2 is 2.19 bits per heavy atom. The van der Waals surface area contributed by atoms with Gasteiger partial charge in [-0.15, -0.1) is 0 Å². The second kappa shape index (κ2) is 6.83. The summed E-state index contributed by atoms with van der Waals surface area (Å²) in [5.41, 5.74) is 2.72. The number of halogens is 1. The number of hydrogen-bond acceptors (Lipinski definition) is 4. The summed E-state index contributed by atoms with van der Waals surface area (Å²) in [6.07, 6.45) is 4.11. The molecule has 6 unspecified atom stereocenters. The molecule has 1 aromatic carbocycles. The molecule has 1 aromatic rings. The fourth-order valence-corrected chi connectivity index (χ4v) is 6.09. The van der Waals surface area contributed by atoms with E-state index in [2.05, 4.69) is 41.1 Å². The van der Waals surface area contributed by atoms with Crippen LogP contribution < -0.4 is 4.74 Å². The van der Waals surface area contributed by atoms with Crippen LogP contribution in [0.15, 0.2) is 18.2 Å². The van der Waals surface area contributed by atoms with Crippen LogP contribution in [0.5, 0.6) is 5.75 Å². The molecule has 0 spiro atoms. The number of aliphatic hydroxyl groups excluding tert-OH is 1. The van der Waals surface area contributed by atoms with Gasteiger partial charge in [-0.2, -0.15) is 0 Å². The molecule has 0 saturated heterocycles. The Morgan fingerprint density at radius 1 is 1.38 bits per heavy atom. The van der Waals surface area contributed by atoms with Crippen LogP contribution >= 0.6 is 15.9 Å². The number of rotatable bonds is 3. The fourth-order valence-electron chi connectivity index (χ4n) is 5.96. The first kappa shape index (κ1) is 18.3. The number of alkyl halides is 1. The highest BCUT2D eigenvalue weighted by atomic mass is 79.9. The second-order valence-corrected chi connectivity index (χ2v) is 8.93. The molecule has 5 heteroatoms. The monoisotopic (exact) mass is 422 g/mol. The molecule has 0 heterocycles. The first-order valence-electron chi connectivity index (χ1n) is 9.58. The lowest BCUT2D eigenvalue weighted by molar-refractivity contribution is -0.152. The molecule has 142 valence electrons. The highest BCUT2D eigenvalue weighted by molar-refractivity contribution is 9.09. The molecule has 0 radical (unpaired) electrons. The molecule has 4 rings (SSSR count). The van der Waals surface area contributed by atoms with Gasteiger partial charge in [0.2, 0.25) is 0 Å². The van der Waals surface area contributed by atoms with Gasteiger partial charge >= 0.3 is 5.97 Å². The van der Waals surface area contributed by atoms with Crippen molar-refractivity contribution in [2.24, 2.45) is 17.3 Å². The molecular weight excluding hydrogens is 396 g/mol. The molecule has 4 nitrogen and oxygen atoms in total. The quantitative estimate of drug-likeness (QED) is 0.593. The highest BCUT2D eigenvalue weighted by Gasteiger charge is 2.59. The minimum absolute atomic E-state index is 0.150. The number of fused-ring (bicyclic) bond motifs is 5. The summed E-state index contributed by atoms with van der Waals surface area (Å²) < 4.78 is 10.9. The van der Waals surface area contributed by atoms with Gasteiger partial charge in [0.15, 0.2) is 0 Å². The summed E-state index contributed by atoms with van der Waals surface area (Å²) >= 11 is 3.15. The van der Waals surface area contributed by atoms with E-state index in [1.165, 1.54) is 11.1 Å². The maximum Gasteiger partial charge on any atom is 0.316 e. The number of methoxy groups -OCH3 is 1. The van der Waals surface area contributed by atoms with Crippen LogP contribution in [0.4, 0.5) is 0 Å². The Hall–Kier alpha value is -1.07. The molecule has 3 aliphatic carbocycles. The van der Waals surface area contributed by atoms with Crippen molar-refractivity contribution in [1.29, 1.82) is 0 Å². The van der Waals surface area contributed by atoms with Crippen molar-refractivity contribution in [3.8, 4) is 5.75 Å². The summed E-state index contributed by atoms with van der Waals surface area (Å²) in [4.78, 5) is 11.7. The van der Waals surface area contributed by atoms with E-state index in [1.54, 1.807) is 7.11 Å². The van der Waals surface area contributed by atoms with E-state index in [9.17, 15) is 9.90 Å². The molecule has 26 heavy (non-hydrogen) atoms. The van der Waals surface area contributed by atoms with E-state index in [0.717, 1.165) is 37.9 Å². The van der Waals surface area contributed by atoms with E-state index in [4.69, 9.17) is 9.47 Å². The summed E-state index contributed by atoms with van der Waals surface area (Å²) in [6, 6.07) is 6.49. The zero-order valence-corrected chi connectivity index (χ0v) is 17.0. The normalized spacial score (nSPS) is 38.1. The van der Waals surface area contributed by atoms with E-state index >= 15 is 0 Å². The van der Waals surface area contributed by atoms with Gasteiger partial charge in [0, 0.05) is 5.41 Å². The third-order valence-corrected chi connectivity index (χ3v) is 7.74. The van der Waals surface area contributed by atoms with Crippen LogP contribution in [-0.4, -0.2) is 35.7 Å². The predicted octanol–water partition coefficient (Wildman–Crippen LogP) is 3.83. The van der Waals surface area contributed by atoms with Gasteiger partial charge in [-0.05, 0) is 73.1 Å². The third kappa shape index (κ3) is 2.78. The van der Waals surface area contributed by atoms with Gasteiger partial charge in [-0.3, -0.25) is 4.79 Å². The standard InChI is InChI=1S/C21H27BrO4/c1-21-8-7-15-14-6-4-13(25-2)9-12(14)3-5-16(15)17(21)10-18(20(21)24)26-19(23)11-22/h4,6,9,15-18,20,24H,3,5,7-8,10-11H2,1-2H3. The molecule has 2 fully saturated rings. The summed E-state index contributed by atoms with van der Waals surface area (Å²) in [5.74, 6) is 2.15. The van der Waals surface area contributed by atoms with Gasteiger partial charge in [0.25, 0.3) is 0 Å². The number of esters is 1. The van der Waals surface area contributed by atoms with Crippen LogP contribution in [0.2, 0.25) is 0 Å². The van der Waals surface area contributed by atoms with Crippen molar-refractivity contribution in [3.63, 3.8) is 0 Å². The van der Waals surface area contributed by atoms with Crippen molar-refractivity contribution < 1.29 is 19.4 Å². The van der Waals surface area contributed by atoms with E-state index < -0.39 is 6.10 Å². The Morgan fingerprint density at radius 3 is 2.92 bits per heavy atom. The number of carbonyl (C=O) groups excluding carboxylic acids is 1. The van der Waals surface area contributed by atoms with Gasteiger partial charge in [-0.25, -0.2) is 0 Å². The Bertz CT molecular complexity index is 705. The zero-order valence-electron chi connectivity index (χ0n) is 15.4. The van der Waals surface area contributed by atoms with Gasteiger partial charge < -0.3 is 14.6 Å². The molecular formula is C21H27BrO4. The summed E-state index contributed by atoms with van der Waals surface area (Å²) in [5, 5.41) is 11.1. The maximum atomic E-state index is 11.7. The average Bonchev–Trinajstić information content (AvgIpc) is 2.91. The van der Waals surface area contributed by atoms with Crippen molar-refractivity contribution in [1.82, 2.24) is 0 Å². The molecule has 1 N–H and O–H groups in total. The van der Waals surface area contributed by atoms with Gasteiger partial charge in [0.1, 0.15) is 17.2 Å². The molecule has 3 aliphatic rings. The van der Waals surface area contributed by atoms with Gasteiger partial charge in [0.05, 0.1) is 13.2 Å². The first-order valence-corrected chi connectivity index (χ1v) is 10.7. The molecule has 2 saturated carbocycles. The molecule has 0 bridgehead atoms. The average molecular weight is 423 g/mol. The van der Waals surface area contributed by atoms with Crippen molar-refractivity contribution in [3.05, 3.63) is 29.3 Å². The lowest BCUT2D eigenvalue weighted by atomic mass is 9.55. The van der Waals surface area contributed by atoms with Crippen LogP contribution in [-0.2, 0) is 16.0 Å². The lowest BCUT2D eigenvalue weighted by Gasteiger charge is -2.49. The maximum absolute atomic E-state index is 11.7. The highest BCUT2D eigenvalue weighted by Crippen LogP contribution is 2.61. The third-order valence-electron chi connectivity index (χ3n) is 7.28. The number of carbonyl (C=O) groups is 1. The number of ether oxygens (including phenoxy) is 2. The summed E-state index contributed by atoms with van der Waals surface area (Å²) in [6.45, 7) is 2.20. The Kier molecular flexibility index (Phi) is 4.81. The van der Waals surface area contributed by atoms with Crippen LogP contribution in [0, 0.1) is 17.3 Å². The molecule has 0 aliphatic heterocycles. The molecule has 0 amide bonds. The molecule has 0 aromatic heterocycles. The number of benzene rings is 1. The van der Waals surface area contributed by atoms with Crippen LogP contribution in [0.3, 0.4) is 0 Å². The predicted molar refractivity (Wildman–Crippen MR) is 103 cm³/mol. The Labute approximate surface area is 163 Å². The number of aliphatic hydroxyl groups is 1. The second-order valence-electron chi connectivity index (χ2n) is 8.37. The van der Waals surface area contributed by atoms with Crippen molar-refractivity contribution >= 4 is 21.9 Å². The van der Waals surface area contributed by atoms with E-state index in [1.807, 2.05) is 0 Å². The smallest absolute Gasteiger partial charge is 0.316 e. The number of aryl methyl sites for hydroxylation is 1. The summed E-state index contributed by atoms with van der Waals surface area (Å²) in [7, 11) is 1.72. The zero-order chi connectivity index (χ0) is 18.5. The van der Waals surface area contributed by atoms with E-state index in [-0.39, 0.29) is 22.8 Å². The number of hydrogen-bond donors (Lipinski definition) is 1. The molecule has 6 atom stereocenters. The van der Waals surface area contributed by atoms with Crippen molar-refractivity contribution in [2.45, 2.75) is 57.2 Å². The minimum atomic E-state index is -0.561. The minimum Gasteiger partial charge on any atom is -0.497 e. The first-order chi connectivity index (χ1) is 12.5. The van der Waals surface area contributed by atoms with Gasteiger partial charge in [-0.1, -0.05) is 28.9 Å². The van der Waals surface area contributed by atoms with Crippen LogP contribution in [0.1, 0.15) is 49.7 Å². The largest absolute Gasteiger partial charge is 0.497 e. The fraction of sp³-hybridized carbons (Fsp3) is 0.667. The lowest BCUT2D eigenvalue weighted by Crippen LogP contribution is -2.45. The topological polar surface area (TPSA) is 55.8 Å².